The van der Waals surface area contributed by atoms with Crippen molar-refractivity contribution in [2.45, 2.75) is 44.6 Å². The van der Waals surface area contributed by atoms with Crippen molar-refractivity contribution in [3.05, 3.63) is 35.7 Å². The second kappa shape index (κ2) is 8.30. The van der Waals surface area contributed by atoms with Gasteiger partial charge in [0.2, 0.25) is 17.6 Å². The lowest BCUT2D eigenvalue weighted by molar-refractivity contribution is -0.152. The van der Waals surface area contributed by atoms with Crippen LogP contribution in [-0.2, 0) is 20.7 Å². The van der Waals surface area contributed by atoms with Gasteiger partial charge in [-0.3, -0.25) is 4.79 Å². The highest BCUT2D eigenvalue weighted by atomic mass is 16.5. The average Bonchev–Trinajstić information content (AvgIpc) is 3.11. The molecule has 2 N–H and O–H groups in total. The third-order valence-electron chi connectivity index (χ3n) is 4.78. The van der Waals surface area contributed by atoms with E-state index < -0.39 is 11.5 Å². The first-order valence-corrected chi connectivity index (χ1v) is 9.01. The second-order valence-electron chi connectivity index (χ2n) is 6.73. The highest BCUT2D eigenvalue weighted by Crippen LogP contribution is 2.22. The van der Waals surface area contributed by atoms with E-state index in [1.807, 2.05) is 31.2 Å². The minimum atomic E-state index is -1.22. The highest BCUT2D eigenvalue weighted by Gasteiger charge is 2.41. The molecule has 1 saturated heterocycles. The van der Waals surface area contributed by atoms with Crippen molar-refractivity contribution < 1.29 is 24.0 Å². The molecular weight excluding hydrogens is 350 g/mol. The van der Waals surface area contributed by atoms with Crippen LogP contribution < -0.4 is 5.32 Å². The summed E-state index contributed by atoms with van der Waals surface area (Å²) in [5.41, 5.74) is 0.741. The summed E-state index contributed by atoms with van der Waals surface area (Å²) in [5.74, 6) is -0.323. The zero-order valence-corrected chi connectivity index (χ0v) is 15.2. The van der Waals surface area contributed by atoms with E-state index in [1.54, 1.807) is 0 Å². The molecule has 0 bridgehead atoms. The first kappa shape index (κ1) is 19.0. The van der Waals surface area contributed by atoms with Crippen molar-refractivity contribution in [2.75, 3.05) is 13.2 Å². The van der Waals surface area contributed by atoms with Gasteiger partial charge < -0.3 is 19.7 Å². The molecule has 1 aromatic heterocycles. The maximum Gasteiger partial charge on any atom is 0.329 e. The number of nitrogens with zero attached hydrogens (tertiary/aromatic N) is 2. The molecule has 0 saturated carbocycles. The zero-order chi connectivity index (χ0) is 19.3. The zero-order valence-electron chi connectivity index (χ0n) is 15.2. The maximum absolute atomic E-state index is 12.2. The summed E-state index contributed by atoms with van der Waals surface area (Å²) in [5, 5.41) is 16.1. The Morgan fingerprint density at radius 3 is 2.70 bits per heavy atom. The van der Waals surface area contributed by atoms with E-state index in [2.05, 4.69) is 15.5 Å². The number of nitrogens with one attached hydrogen (secondary N) is 1. The van der Waals surface area contributed by atoms with Gasteiger partial charge in [0.05, 0.1) is 0 Å². The number of amides is 1. The second-order valence-corrected chi connectivity index (χ2v) is 6.73. The molecule has 0 spiro atoms. The number of aliphatic carboxylic acids is 1. The predicted octanol–water partition coefficient (Wildman–Crippen LogP) is 2.12. The van der Waals surface area contributed by atoms with E-state index in [4.69, 9.17) is 9.26 Å². The molecule has 2 heterocycles. The van der Waals surface area contributed by atoms with E-state index >= 15 is 0 Å². The van der Waals surface area contributed by atoms with Gasteiger partial charge in [0, 0.05) is 44.5 Å². The molecule has 0 radical (unpaired) electrons. The predicted molar refractivity (Wildman–Crippen MR) is 96.0 cm³/mol. The van der Waals surface area contributed by atoms with Gasteiger partial charge >= 0.3 is 5.97 Å². The Hall–Kier alpha value is -2.74. The Labute approximate surface area is 156 Å². The topological polar surface area (TPSA) is 115 Å². The van der Waals surface area contributed by atoms with Gasteiger partial charge in [0.15, 0.2) is 0 Å². The first-order valence-electron chi connectivity index (χ1n) is 9.01. The van der Waals surface area contributed by atoms with Crippen molar-refractivity contribution in [3.8, 4) is 11.4 Å². The van der Waals surface area contributed by atoms with E-state index in [9.17, 15) is 14.7 Å². The summed E-state index contributed by atoms with van der Waals surface area (Å²) in [6.45, 7) is 2.64. The Bertz CT molecular complexity index is 811. The number of aryl methyl sites for hydroxylation is 2. The number of carbonyl (C=O) groups excluding carboxylic acids is 1. The summed E-state index contributed by atoms with van der Waals surface area (Å²) < 4.78 is 10.5. The minimum absolute atomic E-state index is 0.192. The fourth-order valence-corrected chi connectivity index (χ4v) is 3.13. The maximum atomic E-state index is 12.2. The number of benzene rings is 1. The average molecular weight is 373 g/mol. The van der Waals surface area contributed by atoms with Crippen LogP contribution in [-0.4, -0.2) is 45.9 Å². The third kappa shape index (κ3) is 4.51. The van der Waals surface area contributed by atoms with Crippen LogP contribution in [0.5, 0.6) is 0 Å². The van der Waals surface area contributed by atoms with Gasteiger partial charge in [-0.2, -0.15) is 4.98 Å². The van der Waals surface area contributed by atoms with Crippen LogP contribution in [0, 0.1) is 6.92 Å². The fraction of sp³-hybridized carbons (Fsp3) is 0.474. The fourth-order valence-electron chi connectivity index (χ4n) is 3.13. The third-order valence-corrected chi connectivity index (χ3v) is 4.78. The van der Waals surface area contributed by atoms with E-state index in [1.165, 1.54) is 0 Å². The molecule has 0 unspecified atom stereocenters. The van der Waals surface area contributed by atoms with Crippen LogP contribution >= 0.6 is 0 Å². The molecule has 27 heavy (non-hydrogen) atoms. The summed E-state index contributed by atoms with van der Waals surface area (Å²) in [4.78, 5) is 28.1. The summed E-state index contributed by atoms with van der Waals surface area (Å²) in [6.07, 6.45) is 1.69. The number of hydrogen-bond acceptors (Lipinski definition) is 6. The number of ether oxygens (including phenoxy) is 1. The Morgan fingerprint density at radius 2 is 2.00 bits per heavy atom. The van der Waals surface area contributed by atoms with E-state index in [0.29, 0.717) is 37.8 Å². The first-order chi connectivity index (χ1) is 13.0. The molecule has 1 amide bonds. The summed E-state index contributed by atoms with van der Waals surface area (Å²) >= 11 is 0. The number of hydrogen-bond donors (Lipinski definition) is 2. The molecule has 1 fully saturated rings. The van der Waals surface area contributed by atoms with Crippen LogP contribution in [0.2, 0.25) is 0 Å². The number of carbonyl (C=O) groups is 2. The molecule has 0 atom stereocenters. The van der Waals surface area contributed by atoms with Crippen LogP contribution in [0.25, 0.3) is 11.4 Å². The molecule has 1 aliphatic rings. The highest BCUT2D eigenvalue weighted by molar-refractivity contribution is 5.87. The van der Waals surface area contributed by atoms with Crippen LogP contribution in [0.15, 0.2) is 28.8 Å². The largest absolute Gasteiger partial charge is 0.480 e. The number of carboxylic acid groups (broad SMARTS) is 1. The molecule has 0 aliphatic carbocycles. The number of rotatable bonds is 7. The van der Waals surface area contributed by atoms with Gasteiger partial charge in [-0.25, -0.2) is 4.79 Å². The lowest BCUT2D eigenvalue weighted by atomic mass is 9.90. The summed E-state index contributed by atoms with van der Waals surface area (Å²) in [7, 11) is 0. The minimum Gasteiger partial charge on any atom is -0.480 e. The lowest BCUT2D eigenvalue weighted by Gasteiger charge is -2.33. The molecule has 1 aromatic carbocycles. The molecule has 2 aromatic rings. The molecular formula is C19H23N3O5. The van der Waals surface area contributed by atoms with E-state index in [-0.39, 0.29) is 25.2 Å². The van der Waals surface area contributed by atoms with Gasteiger partial charge in [-0.05, 0) is 18.9 Å². The molecule has 144 valence electrons. The Morgan fingerprint density at radius 1 is 1.26 bits per heavy atom. The van der Waals surface area contributed by atoms with E-state index in [0.717, 1.165) is 11.1 Å². The Kier molecular flexibility index (Phi) is 5.85. The lowest BCUT2D eigenvalue weighted by Crippen LogP contribution is -2.57. The standard InChI is InChI=1S/C19H23N3O5/c1-13-5-2-3-6-14(13)17-20-16(27-22-17)8-4-7-15(23)21-19(18(24)25)9-11-26-12-10-19/h2-3,5-6H,4,7-12H2,1H3,(H,21,23)(H,24,25). The quantitative estimate of drug-likeness (QED) is 0.764. The van der Waals surface area contributed by atoms with Gasteiger partial charge in [0.1, 0.15) is 5.54 Å². The monoisotopic (exact) mass is 373 g/mol. The van der Waals surface area contributed by atoms with Crippen molar-refractivity contribution >= 4 is 11.9 Å². The number of carboxylic acids is 1. The number of aromatic nitrogens is 2. The molecule has 8 nitrogen and oxygen atoms in total. The smallest absolute Gasteiger partial charge is 0.329 e. The van der Waals surface area contributed by atoms with Crippen LogP contribution in [0.1, 0.15) is 37.1 Å². The van der Waals surface area contributed by atoms with Crippen molar-refractivity contribution in [1.29, 1.82) is 0 Å². The Balaban J connectivity index is 1.52. The normalized spacial score (nSPS) is 16.0. The van der Waals surface area contributed by atoms with Crippen molar-refractivity contribution in [2.24, 2.45) is 0 Å². The van der Waals surface area contributed by atoms with Gasteiger partial charge in [0.25, 0.3) is 0 Å². The SMILES string of the molecule is Cc1ccccc1-c1noc(CCCC(=O)NC2(C(=O)O)CCOCC2)n1. The van der Waals surface area contributed by atoms with Crippen LogP contribution in [0.4, 0.5) is 0 Å². The van der Waals surface area contributed by atoms with Gasteiger partial charge in [-0.15, -0.1) is 0 Å². The molecule has 1 aliphatic heterocycles. The van der Waals surface area contributed by atoms with Crippen molar-refractivity contribution in [3.63, 3.8) is 0 Å². The summed E-state index contributed by atoms with van der Waals surface area (Å²) in [6, 6.07) is 7.76. The molecule has 3 rings (SSSR count). The van der Waals surface area contributed by atoms with Crippen molar-refractivity contribution in [1.82, 2.24) is 15.5 Å². The van der Waals surface area contributed by atoms with Crippen LogP contribution in [0.3, 0.4) is 0 Å². The molecule has 8 heteroatoms. The van der Waals surface area contributed by atoms with Gasteiger partial charge in [-0.1, -0.05) is 29.4 Å².